The molecule has 0 aliphatic heterocycles. The zero-order chi connectivity index (χ0) is 17.2. The topological polar surface area (TPSA) is 58.5 Å². The molecule has 0 fully saturated rings. The number of guanidine groups is 1. The molecule has 0 aliphatic carbocycles. The molecule has 1 heterocycles. The molecule has 0 aliphatic rings. The Bertz CT molecular complexity index is 631. The number of nitrogens with zero attached hydrogens (tertiary/aromatic N) is 2. The molecule has 2 rings (SSSR count). The normalized spacial score (nSPS) is 11.1. The zero-order valence-electron chi connectivity index (χ0n) is 15.0. The van der Waals surface area contributed by atoms with Crippen LogP contribution >= 0.6 is 35.3 Å². The Labute approximate surface area is 171 Å². The van der Waals surface area contributed by atoms with E-state index in [2.05, 4.69) is 39.8 Å². The lowest BCUT2D eigenvalue weighted by Crippen LogP contribution is -2.40. The summed E-state index contributed by atoms with van der Waals surface area (Å²) in [6.45, 7) is 6.44. The molecule has 138 valence electrons. The van der Waals surface area contributed by atoms with Gasteiger partial charge < -0.3 is 15.4 Å². The standard InChI is InChI=1S/C18H26N4OS.HI/c1-14(2)17-22-15(13-24-17)9-10-20-18(19-3)21-11-12-23-16-7-5-4-6-8-16;/h4-8,13-14H,9-12H2,1-3H3,(H2,19,20,21);1H. The van der Waals surface area contributed by atoms with E-state index in [-0.39, 0.29) is 24.0 Å². The molecule has 0 amide bonds. The largest absolute Gasteiger partial charge is 0.492 e. The van der Waals surface area contributed by atoms with Crippen molar-refractivity contribution in [2.45, 2.75) is 26.2 Å². The monoisotopic (exact) mass is 474 g/mol. The van der Waals surface area contributed by atoms with Gasteiger partial charge in [-0.3, -0.25) is 4.99 Å². The fourth-order valence-corrected chi connectivity index (χ4v) is 2.96. The number of benzene rings is 1. The highest BCUT2D eigenvalue weighted by molar-refractivity contribution is 14.0. The Morgan fingerprint density at radius 3 is 2.56 bits per heavy atom. The van der Waals surface area contributed by atoms with Gasteiger partial charge in [0.25, 0.3) is 0 Å². The predicted molar refractivity (Wildman–Crippen MR) is 117 cm³/mol. The Balaban J connectivity index is 0.00000312. The van der Waals surface area contributed by atoms with Gasteiger partial charge in [-0.05, 0) is 12.1 Å². The van der Waals surface area contributed by atoms with E-state index in [4.69, 9.17) is 4.74 Å². The molecular formula is C18H27IN4OS. The number of halogens is 1. The highest BCUT2D eigenvalue weighted by atomic mass is 127. The molecule has 0 saturated heterocycles. The second-order valence-corrected chi connectivity index (χ2v) is 6.56. The molecule has 2 N–H and O–H groups in total. The first-order valence-electron chi connectivity index (χ1n) is 8.25. The van der Waals surface area contributed by atoms with Crippen LogP contribution in [-0.2, 0) is 6.42 Å². The molecule has 25 heavy (non-hydrogen) atoms. The third-order valence-corrected chi connectivity index (χ3v) is 4.56. The van der Waals surface area contributed by atoms with Crippen LogP contribution in [0.1, 0.15) is 30.5 Å². The maximum Gasteiger partial charge on any atom is 0.191 e. The fourth-order valence-electron chi connectivity index (χ4n) is 2.09. The average Bonchev–Trinajstić information content (AvgIpc) is 3.07. The van der Waals surface area contributed by atoms with Crippen molar-refractivity contribution in [3.05, 3.63) is 46.4 Å². The van der Waals surface area contributed by atoms with Gasteiger partial charge in [0, 0.05) is 31.3 Å². The van der Waals surface area contributed by atoms with Gasteiger partial charge in [-0.2, -0.15) is 0 Å². The Hall–Kier alpha value is -1.35. The van der Waals surface area contributed by atoms with E-state index in [0.29, 0.717) is 19.1 Å². The molecule has 0 bridgehead atoms. The Kier molecular flexibility index (Phi) is 10.5. The van der Waals surface area contributed by atoms with E-state index < -0.39 is 0 Å². The van der Waals surface area contributed by atoms with Crippen LogP contribution in [-0.4, -0.2) is 37.7 Å². The van der Waals surface area contributed by atoms with E-state index in [0.717, 1.165) is 30.4 Å². The summed E-state index contributed by atoms with van der Waals surface area (Å²) < 4.78 is 5.65. The summed E-state index contributed by atoms with van der Waals surface area (Å²) in [7, 11) is 1.77. The lowest BCUT2D eigenvalue weighted by atomic mass is 10.2. The minimum Gasteiger partial charge on any atom is -0.492 e. The molecule has 0 saturated carbocycles. The number of aromatic nitrogens is 1. The van der Waals surface area contributed by atoms with Crippen molar-refractivity contribution in [2.75, 3.05) is 26.7 Å². The molecule has 7 heteroatoms. The maximum absolute atomic E-state index is 5.65. The van der Waals surface area contributed by atoms with E-state index >= 15 is 0 Å². The van der Waals surface area contributed by atoms with E-state index in [1.807, 2.05) is 30.3 Å². The molecular weight excluding hydrogens is 447 g/mol. The molecule has 0 unspecified atom stereocenters. The van der Waals surface area contributed by atoms with Gasteiger partial charge in [0.05, 0.1) is 17.2 Å². The van der Waals surface area contributed by atoms with Crippen molar-refractivity contribution in [1.29, 1.82) is 0 Å². The molecule has 0 spiro atoms. The van der Waals surface area contributed by atoms with Crippen LogP contribution in [0.25, 0.3) is 0 Å². The molecule has 0 atom stereocenters. The summed E-state index contributed by atoms with van der Waals surface area (Å²) in [5.41, 5.74) is 1.14. The minimum atomic E-state index is 0. The molecule has 0 radical (unpaired) electrons. The number of aliphatic imine (C=N–C) groups is 1. The maximum atomic E-state index is 5.65. The number of rotatable bonds is 8. The predicted octanol–water partition coefficient (Wildman–Crippen LogP) is 3.67. The number of para-hydroxylation sites is 1. The summed E-state index contributed by atoms with van der Waals surface area (Å²) in [4.78, 5) is 8.86. The van der Waals surface area contributed by atoms with Crippen molar-refractivity contribution >= 4 is 41.3 Å². The van der Waals surface area contributed by atoms with Crippen LogP contribution < -0.4 is 15.4 Å². The van der Waals surface area contributed by atoms with Gasteiger partial charge in [-0.15, -0.1) is 35.3 Å². The van der Waals surface area contributed by atoms with Crippen LogP contribution in [0.4, 0.5) is 0 Å². The van der Waals surface area contributed by atoms with Crippen molar-refractivity contribution in [3.63, 3.8) is 0 Å². The lowest BCUT2D eigenvalue weighted by molar-refractivity contribution is 0.322. The SMILES string of the molecule is CN=C(NCCOc1ccccc1)NCCc1csc(C(C)C)n1.I. The zero-order valence-corrected chi connectivity index (χ0v) is 18.1. The average molecular weight is 474 g/mol. The summed E-state index contributed by atoms with van der Waals surface area (Å²) in [6.07, 6.45) is 0.893. The van der Waals surface area contributed by atoms with Crippen LogP contribution in [0.5, 0.6) is 5.75 Å². The molecule has 1 aromatic carbocycles. The summed E-state index contributed by atoms with van der Waals surface area (Å²) >= 11 is 1.74. The van der Waals surface area contributed by atoms with E-state index in [9.17, 15) is 0 Å². The summed E-state index contributed by atoms with van der Waals surface area (Å²) in [5, 5.41) is 9.89. The second-order valence-electron chi connectivity index (χ2n) is 5.67. The first-order chi connectivity index (χ1) is 11.7. The number of hydrogen-bond donors (Lipinski definition) is 2. The number of thiazole rings is 1. The van der Waals surface area contributed by atoms with Crippen molar-refractivity contribution in [1.82, 2.24) is 15.6 Å². The van der Waals surface area contributed by atoms with Gasteiger partial charge in [0.2, 0.25) is 0 Å². The number of hydrogen-bond acceptors (Lipinski definition) is 4. The van der Waals surface area contributed by atoms with Gasteiger partial charge in [-0.25, -0.2) is 4.98 Å². The molecule has 2 aromatic rings. The Morgan fingerprint density at radius 2 is 1.92 bits per heavy atom. The van der Waals surface area contributed by atoms with Gasteiger partial charge in [0.15, 0.2) is 5.96 Å². The highest BCUT2D eigenvalue weighted by Gasteiger charge is 2.06. The first kappa shape index (κ1) is 21.7. The van der Waals surface area contributed by atoms with Crippen LogP contribution in [0.15, 0.2) is 40.7 Å². The van der Waals surface area contributed by atoms with Gasteiger partial charge in [-0.1, -0.05) is 32.0 Å². The third kappa shape index (κ3) is 8.04. The van der Waals surface area contributed by atoms with Gasteiger partial charge >= 0.3 is 0 Å². The van der Waals surface area contributed by atoms with Gasteiger partial charge in [0.1, 0.15) is 12.4 Å². The highest BCUT2D eigenvalue weighted by Crippen LogP contribution is 2.19. The van der Waals surface area contributed by atoms with E-state index in [1.54, 1.807) is 18.4 Å². The smallest absolute Gasteiger partial charge is 0.191 e. The van der Waals surface area contributed by atoms with Crippen molar-refractivity contribution in [3.8, 4) is 5.75 Å². The van der Waals surface area contributed by atoms with E-state index in [1.165, 1.54) is 5.01 Å². The quantitative estimate of drug-likeness (QED) is 0.265. The summed E-state index contributed by atoms with van der Waals surface area (Å²) in [6, 6.07) is 9.81. The third-order valence-electron chi connectivity index (χ3n) is 3.37. The fraction of sp³-hybridized carbons (Fsp3) is 0.444. The molecule has 5 nitrogen and oxygen atoms in total. The van der Waals surface area contributed by atoms with Crippen molar-refractivity contribution in [2.24, 2.45) is 4.99 Å². The van der Waals surface area contributed by atoms with Crippen LogP contribution in [0, 0.1) is 0 Å². The Morgan fingerprint density at radius 1 is 1.20 bits per heavy atom. The summed E-state index contributed by atoms with van der Waals surface area (Å²) in [5.74, 6) is 2.16. The second kappa shape index (κ2) is 12.1. The van der Waals surface area contributed by atoms with Crippen molar-refractivity contribution < 1.29 is 4.74 Å². The molecule has 1 aromatic heterocycles. The minimum absolute atomic E-state index is 0. The first-order valence-corrected chi connectivity index (χ1v) is 9.13. The number of nitrogens with one attached hydrogen (secondary N) is 2. The lowest BCUT2D eigenvalue weighted by Gasteiger charge is -2.12. The number of ether oxygens (including phenoxy) is 1. The van der Waals surface area contributed by atoms with Crippen LogP contribution in [0.2, 0.25) is 0 Å². The van der Waals surface area contributed by atoms with Crippen LogP contribution in [0.3, 0.4) is 0 Å².